The van der Waals surface area contributed by atoms with Crippen LogP contribution in [-0.2, 0) is 27.9 Å². The number of aliphatic hydroxyl groups excluding tert-OH is 2. The van der Waals surface area contributed by atoms with Crippen molar-refractivity contribution in [2.45, 2.75) is 238 Å². The van der Waals surface area contributed by atoms with Crippen molar-refractivity contribution in [3.63, 3.8) is 0 Å². The molecule has 3 N–H and O–H groups in total. The van der Waals surface area contributed by atoms with Gasteiger partial charge in [0.2, 0.25) is 0 Å². The molecule has 0 aromatic heterocycles. The van der Waals surface area contributed by atoms with Crippen molar-refractivity contribution in [3.05, 3.63) is 24.5 Å². The third-order valence-electron chi connectivity index (χ3n) is 10.2. The number of rotatable bonds is 45. The van der Waals surface area contributed by atoms with Crippen molar-refractivity contribution >= 4 is 13.8 Å². The second-order valence-corrected chi connectivity index (χ2v) is 17.3. The van der Waals surface area contributed by atoms with Crippen LogP contribution < -0.4 is 0 Å². The third-order valence-corrected chi connectivity index (χ3v) is 11.2. The van der Waals surface area contributed by atoms with E-state index in [1.807, 2.05) is 6.08 Å². The van der Waals surface area contributed by atoms with E-state index in [4.69, 9.17) is 23.6 Å². The molecule has 0 bridgehead atoms. The SMILES string of the molecule is CCCCCCCCCC/C=C\CCCCCCCCCC(=O)O[C@H](CO/C=C\CCCCCCCCCCCCCCCC)COP(=O)(O)OC[C@@H](O)CO. The number of phosphoric acid groups is 1. The number of hydrogen-bond acceptors (Lipinski definition) is 8. The molecule has 0 aliphatic rings. The molecule has 3 atom stereocenters. The van der Waals surface area contributed by atoms with Gasteiger partial charge in [-0.05, 0) is 51.0 Å². The average molecular weight is 817 g/mol. The van der Waals surface area contributed by atoms with Crippen LogP contribution in [0.2, 0.25) is 0 Å². The van der Waals surface area contributed by atoms with Crippen LogP contribution in [0, 0.1) is 0 Å². The van der Waals surface area contributed by atoms with Crippen LogP contribution in [0.15, 0.2) is 24.5 Å². The van der Waals surface area contributed by atoms with Gasteiger partial charge in [-0.15, -0.1) is 0 Å². The van der Waals surface area contributed by atoms with Crippen LogP contribution >= 0.6 is 7.82 Å². The summed E-state index contributed by atoms with van der Waals surface area (Å²) in [6.07, 6.45) is 46.5. The highest BCUT2D eigenvalue weighted by molar-refractivity contribution is 7.47. The number of carbonyl (C=O) groups excluding carboxylic acids is 1. The van der Waals surface area contributed by atoms with E-state index in [9.17, 15) is 19.4 Å². The van der Waals surface area contributed by atoms with Gasteiger partial charge in [0.1, 0.15) is 12.7 Å². The van der Waals surface area contributed by atoms with E-state index in [0.29, 0.717) is 6.42 Å². The zero-order chi connectivity index (χ0) is 41.1. The average Bonchev–Trinajstić information content (AvgIpc) is 3.19. The number of carbonyl (C=O) groups is 1. The first kappa shape index (κ1) is 54.8. The summed E-state index contributed by atoms with van der Waals surface area (Å²) in [4.78, 5) is 22.6. The Kier molecular flexibility index (Phi) is 42.4. The Balaban J connectivity index is 4.16. The minimum atomic E-state index is -4.53. The first-order valence-corrected chi connectivity index (χ1v) is 24.9. The fraction of sp³-hybridized carbons (Fsp3) is 0.891. The Morgan fingerprint density at radius 1 is 0.536 bits per heavy atom. The van der Waals surface area contributed by atoms with Crippen LogP contribution in [0.5, 0.6) is 0 Å². The van der Waals surface area contributed by atoms with Crippen molar-refractivity contribution in [2.24, 2.45) is 0 Å². The van der Waals surface area contributed by atoms with Crippen molar-refractivity contribution in [3.8, 4) is 0 Å². The van der Waals surface area contributed by atoms with Gasteiger partial charge in [0.25, 0.3) is 0 Å². The molecule has 0 rings (SSSR count). The lowest BCUT2D eigenvalue weighted by molar-refractivity contribution is -0.153. The largest absolute Gasteiger partial charge is 0.498 e. The highest BCUT2D eigenvalue weighted by Gasteiger charge is 2.26. The number of ether oxygens (including phenoxy) is 2. The summed E-state index contributed by atoms with van der Waals surface area (Å²) in [6, 6.07) is 0. The smallest absolute Gasteiger partial charge is 0.472 e. The van der Waals surface area contributed by atoms with Gasteiger partial charge >= 0.3 is 13.8 Å². The number of hydrogen-bond donors (Lipinski definition) is 3. The predicted molar refractivity (Wildman–Crippen MR) is 233 cm³/mol. The van der Waals surface area contributed by atoms with E-state index in [1.54, 1.807) is 6.26 Å². The topological polar surface area (TPSA) is 132 Å². The number of aliphatic hydroxyl groups is 2. The molecule has 0 aromatic carbocycles. The summed E-state index contributed by atoms with van der Waals surface area (Å²) < 4.78 is 33.2. The van der Waals surface area contributed by atoms with E-state index >= 15 is 0 Å². The number of allylic oxidation sites excluding steroid dienone is 3. The molecular weight excluding hydrogens is 727 g/mol. The molecular formula is C46H89O9P. The monoisotopic (exact) mass is 817 g/mol. The van der Waals surface area contributed by atoms with E-state index in [0.717, 1.165) is 38.5 Å². The van der Waals surface area contributed by atoms with E-state index in [2.05, 4.69) is 26.0 Å². The third kappa shape index (κ3) is 42.4. The van der Waals surface area contributed by atoms with Gasteiger partial charge in [0.05, 0.1) is 26.1 Å². The van der Waals surface area contributed by atoms with Gasteiger partial charge < -0.3 is 24.6 Å². The highest BCUT2D eigenvalue weighted by Crippen LogP contribution is 2.43. The maximum absolute atomic E-state index is 12.6. The molecule has 0 aromatic rings. The molecule has 0 heterocycles. The van der Waals surface area contributed by atoms with Crippen molar-refractivity contribution < 1.29 is 43.0 Å². The highest BCUT2D eigenvalue weighted by atomic mass is 31.2. The predicted octanol–water partition coefficient (Wildman–Crippen LogP) is 13.4. The first-order chi connectivity index (χ1) is 27.3. The maximum Gasteiger partial charge on any atom is 0.472 e. The summed E-state index contributed by atoms with van der Waals surface area (Å²) in [5.74, 6) is -0.406. The fourth-order valence-corrected chi connectivity index (χ4v) is 7.40. The van der Waals surface area contributed by atoms with Gasteiger partial charge in [-0.2, -0.15) is 0 Å². The maximum atomic E-state index is 12.6. The van der Waals surface area contributed by atoms with Crippen molar-refractivity contribution in [1.29, 1.82) is 0 Å². The van der Waals surface area contributed by atoms with Gasteiger partial charge in [-0.1, -0.05) is 187 Å². The Bertz CT molecular complexity index is 928. The molecule has 0 aliphatic carbocycles. The Labute approximate surface area is 344 Å². The lowest BCUT2D eigenvalue weighted by atomic mass is 10.0. The zero-order valence-corrected chi connectivity index (χ0v) is 37.3. The normalized spacial score (nSPS) is 14.1. The minimum absolute atomic E-state index is 0.0331. The molecule has 0 aliphatic heterocycles. The Hall–Kier alpha value is -1.22. The van der Waals surface area contributed by atoms with Crippen LogP contribution in [0.3, 0.4) is 0 Å². The lowest BCUT2D eigenvalue weighted by Crippen LogP contribution is -2.28. The van der Waals surface area contributed by atoms with Crippen LogP contribution in [0.4, 0.5) is 0 Å². The zero-order valence-electron chi connectivity index (χ0n) is 36.4. The lowest BCUT2D eigenvalue weighted by Gasteiger charge is -2.20. The number of phosphoric ester groups is 1. The van der Waals surface area contributed by atoms with Gasteiger partial charge in [-0.25, -0.2) is 4.57 Å². The molecule has 0 amide bonds. The molecule has 0 saturated heterocycles. The summed E-state index contributed by atoms with van der Waals surface area (Å²) in [6.45, 7) is 2.91. The molecule has 1 unspecified atom stereocenters. The van der Waals surface area contributed by atoms with Gasteiger partial charge in [0.15, 0.2) is 6.10 Å². The van der Waals surface area contributed by atoms with Crippen molar-refractivity contribution in [1.82, 2.24) is 0 Å². The summed E-state index contributed by atoms with van der Waals surface area (Å²) in [5.41, 5.74) is 0. The van der Waals surface area contributed by atoms with Gasteiger partial charge in [-0.3, -0.25) is 13.8 Å². The summed E-state index contributed by atoms with van der Waals surface area (Å²) in [7, 11) is -4.53. The molecule has 56 heavy (non-hydrogen) atoms. The first-order valence-electron chi connectivity index (χ1n) is 23.4. The van der Waals surface area contributed by atoms with E-state index in [-0.39, 0.29) is 13.0 Å². The Morgan fingerprint density at radius 2 is 0.911 bits per heavy atom. The standard InChI is InChI=1S/C46H89O9P/c1-3-5-7-9-11-13-15-17-19-21-22-23-24-26-28-30-32-34-36-38-46(49)55-45(43-54-56(50,51)53-41-44(48)40-47)42-52-39-37-35-33-31-29-27-25-20-18-16-14-12-10-8-6-4-2/h21-22,37,39,44-45,47-48H,3-20,23-36,38,40-43H2,1-2H3,(H,50,51)/b22-21-,39-37-/t44-,45+/m0/s1. The molecule has 0 spiro atoms. The fourth-order valence-electron chi connectivity index (χ4n) is 6.61. The summed E-state index contributed by atoms with van der Waals surface area (Å²) >= 11 is 0. The second kappa shape index (κ2) is 43.4. The summed E-state index contributed by atoms with van der Waals surface area (Å²) in [5, 5.41) is 18.4. The van der Waals surface area contributed by atoms with E-state index in [1.165, 1.54) is 161 Å². The molecule has 0 radical (unpaired) electrons. The number of esters is 1. The number of unbranched alkanes of at least 4 members (excludes halogenated alkanes) is 29. The van der Waals surface area contributed by atoms with Crippen LogP contribution in [0.25, 0.3) is 0 Å². The molecule has 0 fully saturated rings. The van der Waals surface area contributed by atoms with Gasteiger partial charge in [0, 0.05) is 6.42 Å². The van der Waals surface area contributed by atoms with Crippen LogP contribution in [0.1, 0.15) is 226 Å². The molecule has 10 heteroatoms. The molecule has 332 valence electrons. The minimum Gasteiger partial charge on any atom is -0.498 e. The Morgan fingerprint density at radius 3 is 1.34 bits per heavy atom. The second-order valence-electron chi connectivity index (χ2n) is 15.8. The molecule has 9 nitrogen and oxygen atoms in total. The quantitative estimate of drug-likeness (QED) is 0.0181. The molecule has 0 saturated carbocycles. The van der Waals surface area contributed by atoms with Crippen molar-refractivity contribution in [2.75, 3.05) is 26.4 Å². The van der Waals surface area contributed by atoms with E-state index < -0.39 is 45.8 Å². The van der Waals surface area contributed by atoms with Crippen LogP contribution in [-0.4, -0.2) is 59.7 Å².